The third-order valence-electron chi connectivity index (χ3n) is 4.09. The Morgan fingerprint density at radius 1 is 1.57 bits per heavy atom. The van der Waals surface area contributed by atoms with Crippen LogP contribution in [-0.4, -0.2) is 58.8 Å². The molecule has 0 bridgehead atoms. The largest absolute Gasteiger partial charge is 0.483 e. The number of rotatable bonds is 2. The fraction of sp³-hybridized carbons (Fsp3) is 0.562. The SMILES string of the molecule is CC(=O)N1CCC[C@@]2(C[C@@H](Oc3ccccn3)CO2)C1.O=CO. The van der Waals surface area contributed by atoms with Gasteiger partial charge in [0.05, 0.1) is 12.2 Å². The highest BCUT2D eigenvalue weighted by molar-refractivity contribution is 5.73. The lowest BCUT2D eigenvalue weighted by molar-refractivity contribution is -0.136. The molecule has 23 heavy (non-hydrogen) atoms. The number of nitrogens with zero attached hydrogens (tertiary/aromatic N) is 2. The van der Waals surface area contributed by atoms with Crippen molar-refractivity contribution in [3.63, 3.8) is 0 Å². The molecule has 1 spiro atoms. The molecule has 3 rings (SSSR count). The molecule has 1 amide bonds. The second kappa shape index (κ2) is 7.92. The molecule has 2 atom stereocenters. The van der Waals surface area contributed by atoms with E-state index in [0.29, 0.717) is 19.0 Å². The van der Waals surface area contributed by atoms with E-state index in [-0.39, 0.29) is 24.1 Å². The lowest BCUT2D eigenvalue weighted by Crippen LogP contribution is -2.49. The summed E-state index contributed by atoms with van der Waals surface area (Å²) in [6.45, 7) is 3.47. The van der Waals surface area contributed by atoms with Crippen LogP contribution < -0.4 is 4.74 Å². The van der Waals surface area contributed by atoms with Crippen molar-refractivity contribution in [3.05, 3.63) is 24.4 Å². The number of hydrogen-bond donors (Lipinski definition) is 1. The van der Waals surface area contributed by atoms with Crippen LogP contribution in [0.15, 0.2) is 24.4 Å². The summed E-state index contributed by atoms with van der Waals surface area (Å²) in [5.74, 6) is 0.763. The third kappa shape index (κ3) is 4.66. The van der Waals surface area contributed by atoms with Crippen LogP contribution in [0.1, 0.15) is 26.2 Å². The maximum Gasteiger partial charge on any atom is 0.290 e. The third-order valence-corrected chi connectivity index (χ3v) is 4.09. The second-order valence-electron chi connectivity index (χ2n) is 5.76. The monoisotopic (exact) mass is 322 g/mol. The zero-order valence-electron chi connectivity index (χ0n) is 13.2. The van der Waals surface area contributed by atoms with Crippen molar-refractivity contribution in [1.82, 2.24) is 9.88 Å². The minimum atomic E-state index is -0.250. The summed E-state index contributed by atoms with van der Waals surface area (Å²) in [7, 11) is 0. The van der Waals surface area contributed by atoms with E-state index in [1.54, 1.807) is 13.1 Å². The quantitative estimate of drug-likeness (QED) is 0.826. The van der Waals surface area contributed by atoms with E-state index in [4.69, 9.17) is 19.4 Å². The van der Waals surface area contributed by atoms with Gasteiger partial charge in [-0.1, -0.05) is 6.07 Å². The highest BCUT2D eigenvalue weighted by Crippen LogP contribution is 2.35. The zero-order valence-corrected chi connectivity index (χ0v) is 13.2. The Morgan fingerprint density at radius 3 is 3.00 bits per heavy atom. The number of aromatic nitrogens is 1. The fourth-order valence-corrected chi connectivity index (χ4v) is 3.12. The molecule has 0 aliphatic carbocycles. The van der Waals surface area contributed by atoms with Crippen molar-refractivity contribution in [2.45, 2.75) is 37.9 Å². The van der Waals surface area contributed by atoms with E-state index < -0.39 is 0 Å². The first kappa shape index (κ1) is 17.2. The summed E-state index contributed by atoms with van der Waals surface area (Å²) >= 11 is 0. The Hall–Kier alpha value is -2.15. The van der Waals surface area contributed by atoms with Crippen LogP contribution in [0.25, 0.3) is 0 Å². The molecule has 7 heteroatoms. The summed E-state index contributed by atoms with van der Waals surface area (Å²) in [5.41, 5.74) is -0.219. The summed E-state index contributed by atoms with van der Waals surface area (Å²) in [6, 6.07) is 5.63. The van der Waals surface area contributed by atoms with Gasteiger partial charge in [0.2, 0.25) is 11.8 Å². The van der Waals surface area contributed by atoms with Gasteiger partial charge in [-0.2, -0.15) is 0 Å². The van der Waals surface area contributed by atoms with Crippen molar-refractivity contribution >= 4 is 12.4 Å². The van der Waals surface area contributed by atoms with Crippen LogP contribution in [0.3, 0.4) is 0 Å². The minimum Gasteiger partial charge on any atom is -0.483 e. The lowest BCUT2D eigenvalue weighted by Gasteiger charge is -2.39. The first-order valence-corrected chi connectivity index (χ1v) is 7.63. The van der Waals surface area contributed by atoms with Gasteiger partial charge in [0.1, 0.15) is 6.10 Å². The molecule has 0 unspecified atom stereocenters. The van der Waals surface area contributed by atoms with Gasteiger partial charge in [-0.15, -0.1) is 0 Å². The normalized spacial score (nSPS) is 26.3. The Labute approximate surface area is 135 Å². The van der Waals surface area contributed by atoms with Gasteiger partial charge in [0, 0.05) is 38.7 Å². The molecule has 2 fully saturated rings. The Bertz CT molecular complexity index is 524. The van der Waals surface area contributed by atoms with E-state index in [2.05, 4.69) is 4.98 Å². The number of pyridine rings is 1. The van der Waals surface area contributed by atoms with E-state index in [1.807, 2.05) is 23.1 Å². The summed E-state index contributed by atoms with van der Waals surface area (Å²) in [6.07, 6.45) is 4.57. The molecule has 0 radical (unpaired) electrons. The Morgan fingerprint density at radius 2 is 2.35 bits per heavy atom. The molecule has 126 valence electrons. The number of piperidine rings is 1. The molecule has 1 N–H and O–H groups in total. The van der Waals surface area contributed by atoms with Crippen LogP contribution in [0.2, 0.25) is 0 Å². The second-order valence-corrected chi connectivity index (χ2v) is 5.76. The first-order valence-electron chi connectivity index (χ1n) is 7.63. The van der Waals surface area contributed by atoms with Gasteiger partial charge in [0.15, 0.2) is 0 Å². The average Bonchev–Trinajstić information content (AvgIpc) is 2.91. The Balaban J connectivity index is 0.000000595. The molecule has 0 aromatic carbocycles. The fourth-order valence-electron chi connectivity index (χ4n) is 3.12. The van der Waals surface area contributed by atoms with Crippen molar-refractivity contribution < 1.29 is 24.2 Å². The average molecular weight is 322 g/mol. The molecule has 2 saturated heterocycles. The molecule has 1 aromatic rings. The van der Waals surface area contributed by atoms with Crippen molar-refractivity contribution in [1.29, 1.82) is 0 Å². The molecular formula is C16H22N2O5. The predicted molar refractivity (Wildman–Crippen MR) is 82.1 cm³/mol. The van der Waals surface area contributed by atoms with Gasteiger partial charge in [-0.05, 0) is 18.9 Å². The molecule has 0 saturated carbocycles. The maximum absolute atomic E-state index is 11.5. The number of ether oxygens (including phenoxy) is 2. The van der Waals surface area contributed by atoms with Crippen molar-refractivity contribution in [2.75, 3.05) is 19.7 Å². The molecule has 3 heterocycles. The highest BCUT2D eigenvalue weighted by atomic mass is 16.6. The standard InChI is InChI=1S/C15H20N2O3.CH2O2/c1-12(18)17-8-4-6-15(11-17)9-13(10-19-15)20-14-5-2-3-7-16-14;2-1-3/h2-3,5,7,13H,4,6,8-11H2,1H3;1H,(H,2,3)/t13-,15-;/m1./s1. The maximum atomic E-state index is 11.5. The summed E-state index contributed by atoms with van der Waals surface area (Å²) in [4.78, 5) is 26.0. The van der Waals surface area contributed by atoms with Gasteiger partial charge < -0.3 is 19.5 Å². The van der Waals surface area contributed by atoms with E-state index in [1.165, 1.54) is 0 Å². The van der Waals surface area contributed by atoms with E-state index in [0.717, 1.165) is 25.8 Å². The summed E-state index contributed by atoms with van der Waals surface area (Å²) in [5, 5.41) is 6.89. The lowest BCUT2D eigenvalue weighted by atomic mass is 9.89. The van der Waals surface area contributed by atoms with Crippen LogP contribution >= 0.6 is 0 Å². The highest BCUT2D eigenvalue weighted by Gasteiger charge is 2.45. The number of carbonyl (C=O) groups is 2. The number of carboxylic acid groups (broad SMARTS) is 1. The summed E-state index contributed by atoms with van der Waals surface area (Å²) < 4.78 is 11.9. The topological polar surface area (TPSA) is 89.0 Å². The minimum absolute atomic E-state index is 0.0248. The van der Waals surface area contributed by atoms with E-state index >= 15 is 0 Å². The molecule has 7 nitrogen and oxygen atoms in total. The zero-order chi connectivity index (χ0) is 16.7. The van der Waals surface area contributed by atoms with Crippen LogP contribution in [0.4, 0.5) is 0 Å². The van der Waals surface area contributed by atoms with Gasteiger partial charge in [-0.3, -0.25) is 9.59 Å². The van der Waals surface area contributed by atoms with Crippen LogP contribution in [0.5, 0.6) is 5.88 Å². The number of likely N-dealkylation sites (tertiary alicyclic amines) is 1. The first-order chi connectivity index (χ1) is 11.1. The number of amides is 1. The Kier molecular flexibility index (Phi) is 5.92. The van der Waals surface area contributed by atoms with Crippen molar-refractivity contribution in [2.24, 2.45) is 0 Å². The number of carbonyl (C=O) groups excluding carboxylic acids is 1. The molecule has 2 aliphatic rings. The molecule has 1 aromatic heterocycles. The molecular weight excluding hydrogens is 300 g/mol. The van der Waals surface area contributed by atoms with Crippen molar-refractivity contribution in [3.8, 4) is 5.88 Å². The van der Waals surface area contributed by atoms with Gasteiger partial charge in [-0.25, -0.2) is 4.98 Å². The molecule has 2 aliphatic heterocycles. The predicted octanol–water partition coefficient (Wildman–Crippen LogP) is 1.33. The van der Waals surface area contributed by atoms with Crippen LogP contribution in [-0.2, 0) is 14.3 Å². The van der Waals surface area contributed by atoms with Gasteiger partial charge >= 0.3 is 0 Å². The number of hydrogen-bond acceptors (Lipinski definition) is 5. The van der Waals surface area contributed by atoms with Gasteiger partial charge in [0.25, 0.3) is 6.47 Å². The van der Waals surface area contributed by atoms with Crippen LogP contribution in [0, 0.1) is 0 Å². The smallest absolute Gasteiger partial charge is 0.290 e. The van der Waals surface area contributed by atoms with E-state index in [9.17, 15) is 4.79 Å².